The summed E-state index contributed by atoms with van der Waals surface area (Å²) in [6.45, 7) is 1.95. The number of aromatic hydroxyl groups is 1. The average Bonchev–Trinajstić information content (AvgIpc) is 3.16. The Morgan fingerprint density at radius 1 is 1.12 bits per heavy atom. The Kier molecular flexibility index (Phi) is 6.05. The number of Topliss-reactive ketones (excluding diaryl/α,β-unsaturated/α-hetero) is 2. The molecule has 0 bridgehead atoms. The molecule has 0 spiro atoms. The van der Waals surface area contributed by atoms with Gasteiger partial charge in [0.15, 0.2) is 5.78 Å². The fourth-order valence-corrected chi connectivity index (χ4v) is 5.02. The summed E-state index contributed by atoms with van der Waals surface area (Å²) < 4.78 is 0. The van der Waals surface area contributed by atoms with E-state index < -0.39 is 0 Å². The van der Waals surface area contributed by atoms with Crippen molar-refractivity contribution in [1.82, 2.24) is 4.98 Å². The maximum atomic E-state index is 13.4. The highest BCUT2D eigenvalue weighted by atomic mass is 16.3. The lowest BCUT2D eigenvalue weighted by Gasteiger charge is -2.15. The smallest absolute Gasteiger partial charge is 0.173 e. The third-order valence-electron chi connectivity index (χ3n) is 6.92. The van der Waals surface area contributed by atoms with Crippen molar-refractivity contribution in [3.05, 3.63) is 70.9 Å². The van der Waals surface area contributed by atoms with Crippen LogP contribution in [0.1, 0.15) is 59.2 Å². The first-order valence-corrected chi connectivity index (χ1v) is 12.0. The van der Waals surface area contributed by atoms with E-state index in [1.54, 1.807) is 24.4 Å². The van der Waals surface area contributed by atoms with E-state index in [0.29, 0.717) is 35.2 Å². The molecule has 1 aliphatic carbocycles. The predicted octanol–water partition coefficient (Wildman–Crippen LogP) is 6.01. The van der Waals surface area contributed by atoms with E-state index in [1.807, 2.05) is 19.1 Å². The molecule has 1 fully saturated rings. The standard InChI is InChI=1S/C28H29N3O3/c1-17-5-8-22(33)16-25(17)30-24-11-12-29-28-27(24)26(34)15-20-13-18(7-10-23(20)31-28)3-2-4-19-6-9-21(32)14-19/h5,7-8,10-13,16,19,33H,2-4,6,9,14-15H2,1H3,(H2,29,30,31). The predicted molar refractivity (Wildman–Crippen MR) is 133 cm³/mol. The first-order valence-electron chi connectivity index (χ1n) is 12.0. The Morgan fingerprint density at radius 3 is 2.82 bits per heavy atom. The van der Waals surface area contributed by atoms with Crippen molar-refractivity contribution in [3.8, 4) is 5.75 Å². The fourth-order valence-electron chi connectivity index (χ4n) is 5.02. The van der Waals surface area contributed by atoms with Gasteiger partial charge < -0.3 is 15.7 Å². The van der Waals surface area contributed by atoms with Gasteiger partial charge >= 0.3 is 0 Å². The summed E-state index contributed by atoms with van der Waals surface area (Å²) in [4.78, 5) is 29.3. The Morgan fingerprint density at radius 2 is 2.00 bits per heavy atom. The number of anilines is 4. The van der Waals surface area contributed by atoms with Crippen LogP contribution in [-0.4, -0.2) is 21.7 Å². The second-order valence-electron chi connectivity index (χ2n) is 9.46. The maximum absolute atomic E-state index is 13.4. The molecule has 2 aromatic carbocycles. The van der Waals surface area contributed by atoms with E-state index >= 15 is 0 Å². The number of aryl methyl sites for hydroxylation is 2. The van der Waals surface area contributed by atoms with Crippen LogP contribution in [0, 0.1) is 12.8 Å². The van der Waals surface area contributed by atoms with Crippen molar-refractivity contribution < 1.29 is 14.7 Å². The van der Waals surface area contributed by atoms with E-state index in [9.17, 15) is 14.7 Å². The topological polar surface area (TPSA) is 91.3 Å². The third-order valence-corrected chi connectivity index (χ3v) is 6.92. The first kappa shape index (κ1) is 22.1. The number of phenolic OH excluding ortho intramolecular Hbond substituents is 1. The number of phenols is 1. The van der Waals surface area contributed by atoms with Gasteiger partial charge in [0.1, 0.15) is 17.4 Å². The molecule has 34 heavy (non-hydrogen) atoms. The number of hydrogen-bond acceptors (Lipinski definition) is 6. The molecule has 1 saturated carbocycles. The largest absolute Gasteiger partial charge is 0.508 e. The molecule has 0 radical (unpaired) electrons. The van der Waals surface area contributed by atoms with Crippen LogP contribution >= 0.6 is 0 Å². The minimum Gasteiger partial charge on any atom is -0.508 e. The Bertz CT molecular complexity index is 1270. The van der Waals surface area contributed by atoms with Gasteiger partial charge in [-0.25, -0.2) is 4.98 Å². The maximum Gasteiger partial charge on any atom is 0.173 e. The first-order chi connectivity index (χ1) is 16.5. The zero-order valence-corrected chi connectivity index (χ0v) is 19.4. The summed E-state index contributed by atoms with van der Waals surface area (Å²) in [6, 6.07) is 13.2. The van der Waals surface area contributed by atoms with Gasteiger partial charge in [0, 0.05) is 42.9 Å². The molecule has 6 nitrogen and oxygen atoms in total. The van der Waals surface area contributed by atoms with Crippen LogP contribution in [0.2, 0.25) is 0 Å². The molecular formula is C28H29N3O3. The summed E-state index contributed by atoms with van der Waals surface area (Å²) in [7, 11) is 0. The van der Waals surface area contributed by atoms with Crippen LogP contribution < -0.4 is 10.6 Å². The van der Waals surface area contributed by atoms with E-state index in [1.165, 1.54) is 5.56 Å². The normalized spacial score (nSPS) is 17.0. The number of carbonyl (C=O) groups excluding carboxylic acids is 2. The Hall–Kier alpha value is -3.67. The SMILES string of the molecule is Cc1ccc(O)cc1Nc1ccnc2c1C(=O)Cc1cc(CCCC3CCC(=O)C3)ccc1N2. The average molecular weight is 456 g/mol. The van der Waals surface area contributed by atoms with Crippen molar-refractivity contribution in [1.29, 1.82) is 0 Å². The Balaban J connectivity index is 1.34. The molecule has 1 aromatic heterocycles. The molecule has 3 N–H and O–H groups in total. The van der Waals surface area contributed by atoms with Crippen molar-refractivity contribution in [3.63, 3.8) is 0 Å². The minimum absolute atomic E-state index is 0.00345. The zero-order chi connectivity index (χ0) is 23.7. The van der Waals surface area contributed by atoms with E-state index in [0.717, 1.165) is 61.0 Å². The molecule has 1 unspecified atom stereocenters. The molecule has 174 valence electrons. The van der Waals surface area contributed by atoms with Gasteiger partial charge in [0.05, 0.1) is 11.3 Å². The van der Waals surface area contributed by atoms with Crippen molar-refractivity contribution in [2.24, 2.45) is 5.92 Å². The minimum atomic E-state index is -0.00345. The number of hydrogen-bond donors (Lipinski definition) is 3. The number of nitrogens with zero attached hydrogens (tertiary/aromatic N) is 1. The van der Waals surface area contributed by atoms with Crippen LogP contribution in [0.15, 0.2) is 48.7 Å². The third kappa shape index (κ3) is 4.67. The summed E-state index contributed by atoms with van der Waals surface area (Å²) in [6.07, 6.45) is 7.56. The van der Waals surface area contributed by atoms with Gasteiger partial charge in [-0.2, -0.15) is 0 Å². The second-order valence-corrected chi connectivity index (χ2v) is 9.46. The van der Waals surface area contributed by atoms with E-state index in [-0.39, 0.29) is 11.5 Å². The van der Waals surface area contributed by atoms with Gasteiger partial charge in [-0.05, 0) is 73.4 Å². The van der Waals surface area contributed by atoms with Crippen LogP contribution in [0.3, 0.4) is 0 Å². The molecule has 5 rings (SSSR count). The van der Waals surface area contributed by atoms with Crippen molar-refractivity contribution in [2.75, 3.05) is 10.6 Å². The lowest BCUT2D eigenvalue weighted by atomic mass is 9.96. The molecule has 1 aliphatic heterocycles. The summed E-state index contributed by atoms with van der Waals surface area (Å²) in [5, 5.41) is 16.6. The quantitative estimate of drug-likeness (QED) is 0.421. The summed E-state index contributed by atoms with van der Waals surface area (Å²) >= 11 is 0. The number of fused-ring (bicyclic) bond motifs is 2. The molecule has 6 heteroatoms. The number of nitrogens with one attached hydrogen (secondary N) is 2. The number of carbonyl (C=O) groups is 2. The van der Waals surface area contributed by atoms with Crippen molar-refractivity contribution in [2.45, 2.75) is 51.9 Å². The van der Waals surface area contributed by atoms with Gasteiger partial charge in [0.25, 0.3) is 0 Å². The number of pyridine rings is 1. The monoisotopic (exact) mass is 455 g/mol. The Labute approximate surface area is 199 Å². The summed E-state index contributed by atoms with van der Waals surface area (Å²) in [5.41, 5.74) is 5.97. The molecule has 2 heterocycles. The molecule has 0 amide bonds. The number of benzene rings is 2. The number of ketones is 2. The van der Waals surface area contributed by atoms with Crippen LogP contribution in [0.4, 0.5) is 22.9 Å². The fraction of sp³-hybridized carbons (Fsp3) is 0.321. The van der Waals surface area contributed by atoms with Gasteiger partial charge in [-0.3, -0.25) is 9.59 Å². The second kappa shape index (κ2) is 9.29. The van der Waals surface area contributed by atoms with Crippen LogP contribution in [0.25, 0.3) is 0 Å². The van der Waals surface area contributed by atoms with Crippen LogP contribution in [0.5, 0.6) is 5.75 Å². The number of aromatic nitrogens is 1. The molecular weight excluding hydrogens is 426 g/mol. The van der Waals surface area contributed by atoms with Crippen molar-refractivity contribution >= 4 is 34.4 Å². The van der Waals surface area contributed by atoms with Gasteiger partial charge in [-0.1, -0.05) is 18.2 Å². The lowest BCUT2D eigenvalue weighted by Crippen LogP contribution is -2.08. The summed E-state index contributed by atoms with van der Waals surface area (Å²) in [5.74, 6) is 1.64. The van der Waals surface area contributed by atoms with E-state index in [2.05, 4.69) is 27.8 Å². The molecule has 2 aliphatic rings. The van der Waals surface area contributed by atoms with Crippen LogP contribution in [-0.2, 0) is 17.6 Å². The van der Waals surface area contributed by atoms with Gasteiger partial charge in [0.2, 0.25) is 0 Å². The highest BCUT2D eigenvalue weighted by molar-refractivity contribution is 6.09. The zero-order valence-electron chi connectivity index (χ0n) is 19.4. The van der Waals surface area contributed by atoms with Gasteiger partial charge in [-0.15, -0.1) is 0 Å². The number of rotatable bonds is 6. The lowest BCUT2D eigenvalue weighted by molar-refractivity contribution is -0.117. The molecule has 0 saturated heterocycles. The highest BCUT2D eigenvalue weighted by Crippen LogP contribution is 2.35. The molecule has 3 aromatic rings. The van der Waals surface area contributed by atoms with E-state index in [4.69, 9.17) is 0 Å². The highest BCUT2D eigenvalue weighted by Gasteiger charge is 2.25. The molecule has 1 atom stereocenters.